The number of aliphatic hydroxyl groups excluding tert-OH is 1. The quantitative estimate of drug-likeness (QED) is 0.604. The van der Waals surface area contributed by atoms with Crippen LogP contribution < -0.4 is 10.6 Å². The molecule has 3 nitrogen and oxygen atoms in total. The molecule has 0 aromatic heterocycles. The van der Waals surface area contributed by atoms with E-state index in [1.807, 2.05) is 24.3 Å². The van der Waals surface area contributed by atoms with Gasteiger partial charge in [-0.2, -0.15) is 0 Å². The van der Waals surface area contributed by atoms with Crippen LogP contribution in [0.25, 0.3) is 0 Å². The van der Waals surface area contributed by atoms with Crippen molar-refractivity contribution in [3.05, 3.63) is 34.9 Å². The molecule has 16 heavy (non-hydrogen) atoms. The molecule has 0 aliphatic rings. The third-order valence-electron chi connectivity index (χ3n) is 2.24. The highest BCUT2D eigenvalue weighted by molar-refractivity contribution is 6.30. The first kappa shape index (κ1) is 13.5. The van der Waals surface area contributed by atoms with Crippen molar-refractivity contribution < 1.29 is 5.11 Å². The van der Waals surface area contributed by atoms with Crippen LogP contribution in [0.4, 0.5) is 0 Å². The smallest absolute Gasteiger partial charge is 0.0555 e. The summed E-state index contributed by atoms with van der Waals surface area (Å²) in [5.74, 6) is 0. The second-order valence-electron chi connectivity index (χ2n) is 3.63. The van der Waals surface area contributed by atoms with Crippen molar-refractivity contribution in [3.63, 3.8) is 0 Å². The van der Waals surface area contributed by atoms with Crippen LogP contribution in [-0.4, -0.2) is 31.3 Å². The van der Waals surface area contributed by atoms with E-state index in [0.717, 1.165) is 31.1 Å². The standard InChI is InChI=1S/C12H19ClN2O/c13-12-4-2-11(3-5-12)10-15-7-1-6-14-8-9-16/h2-5,14-16H,1,6-10H2. The van der Waals surface area contributed by atoms with Crippen LogP contribution in [0.15, 0.2) is 24.3 Å². The van der Waals surface area contributed by atoms with Gasteiger partial charge < -0.3 is 15.7 Å². The molecule has 0 amide bonds. The van der Waals surface area contributed by atoms with Gasteiger partial charge in [-0.15, -0.1) is 0 Å². The zero-order valence-electron chi connectivity index (χ0n) is 9.38. The Morgan fingerprint density at radius 2 is 1.69 bits per heavy atom. The summed E-state index contributed by atoms with van der Waals surface area (Å²) in [4.78, 5) is 0. The minimum Gasteiger partial charge on any atom is -0.395 e. The Bertz CT molecular complexity index is 277. The van der Waals surface area contributed by atoms with Gasteiger partial charge >= 0.3 is 0 Å². The first-order valence-corrected chi connectivity index (χ1v) is 5.97. The summed E-state index contributed by atoms with van der Waals surface area (Å²) in [6.07, 6.45) is 1.06. The molecule has 0 radical (unpaired) electrons. The van der Waals surface area contributed by atoms with Crippen LogP contribution in [0.1, 0.15) is 12.0 Å². The van der Waals surface area contributed by atoms with E-state index in [2.05, 4.69) is 10.6 Å². The van der Waals surface area contributed by atoms with Crippen molar-refractivity contribution in [2.24, 2.45) is 0 Å². The zero-order valence-corrected chi connectivity index (χ0v) is 10.1. The van der Waals surface area contributed by atoms with E-state index in [-0.39, 0.29) is 6.61 Å². The molecular formula is C12H19ClN2O. The Morgan fingerprint density at radius 3 is 2.38 bits per heavy atom. The van der Waals surface area contributed by atoms with Gasteiger partial charge in [-0.1, -0.05) is 23.7 Å². The van der Waals surface area contributed by atoms with Gasteiger partial charge in [0.15, 0.2) is 0 Å². The molecule has 1 aromatic rings. The van der Waals surface area contributed by atoms with Gasteiger partial charge in [-0.25, -0.2) is 0 Å². The molecule has 0 heterocycles. The maximum atomic E-state index is 8.55. The number of rotatable bonds is 8. The monoisotopic (exact) mass is 242 g/mol. The van der Waals surface area contributed by atoms with E-state index in [1.165, 1.54) is 5.56 Å². The molecule has 3 N–H and O–H groups in total. The summed E-state index contributed by atoms with van der Waals surface area (Å²) in [7, 11) is 0. The van der Waals surface area contributed by atoms with Gasteiger partial charge in [0.2, 0.25) is 0 Å². The van der Waals surface area contributed by atoms with E-state index in [9.17, 15) is 0 Å². The van der Waals surface area contributed by atoms with Gasteiger partial charge in [-0.05, 0) is 37.2 Å². The Hall–Kier alpha value is -0.610. The molecule has 0 spiro atoms. The number of nitrogens with one attached hydrogen (secondary N) is 2. The number of hydrogen-bond donors (Lipinski definition) is 3. The maximum absolute atomic E-state index is 8.55. The predicted octanol–water partition coefficient (Wildman–Crippen LogP) is 1.40. The summed E-state index contributed by atoms with van der Waals surface area (Å²) in [5.41, 5.74) is 1.24. The normalized spacial score (nSPS) is 10.6. The Kier molecular flexibility index (Phi) is 7.17. The third-order valence-corrected chi connectivity index (χ3v) is 2.49. The molecule has 1 aromatic carbocycles. The number of hydrogen-bond acceptors (Lipinski definition) is 3. The first-order valence-electron chi connectivity index (χ1n) is 5.59. The van der Waals surface area contributed by atoms with Gasteiger partial charge in [0.25, 0.3) is 0 Å². The number of benzene rings is 1. The first-order chi connectivity index (χ1) is 7.83. The summed E-state index contributed by atoms with van der Waals surface area (Å²) in [5, 5.41) is 15.8. The lowest BCUT2D eigenvalue weighted by Gasteiger charge is -2.05. The van der Waals surface area contributed by atoms with Gasteiger partial charge in [-0.3, -0.25) is 0 Å². The SMILES string of the molecule is OCCNCCCNCc1ccc(Cl)cc1. The largest absolute Gasteiger partial charge is 0.395 e. The molecular weight excluding hydrogens is 224 g/mol. The third kappa shape index (κ3) is 6.08. The van der Waals surface area contributed by atoms with E-state index in [4.69, 9.17) is 16.7 Å². The molecule has 0 fully saturated rings. The molecule has 0 aliphatic carbocycles. The molecule has 0 aliphatic heterocycles. The van der Waals surface area contributed by atoms with E-state index in [1.54, 1.807) is 0 Å². The summed E-state index contributed by atoms with van der Waals surface area (Å²) >= 11 is 5.79. The second-order valence-corrected chi connectivity index (χ2v) is 4.07. The summed E-state index contributed by atoms with van der Waals surface area (Å²) in [6.45, 7) is 3.67. The topological polar surface area (TPSA) is 44.3 Å². The lowest BCUT2D eigenvalue weighted by Crippen LogP contribution is -2.23. The van der Waals surface area contributed by atoms with Gasteiger partial charge in [0.05, 0.1) is 6.61 Å². The molecule has 0 unspecified atom stereocenters. The fourth-order valence-corrected chi connectivity index (χ4v) is 1.50. The van der Waals surface area contributed by atoms with Gasteiger partial charge in [0, 0.05) is 18.1 Å². The fourth-order valence-electron chi connectivity index (χ4n) is 1.38. The van der Waals surface area contributed by atoms with Crippen LogP contribution in [-0.2, 0) is 6.54 Å². The van der Waals surface area contributed by atoms with Crippen molar-refractivity contribution in [2.45, 2.75) is 13.0 Å². The van der Waals surface area contributed by atoms with E-state index in [0.29, 0.717) is 6.54 Å². The fraction of sp³-hybridized carbons (Fsp3) is 0.500. The summed E-state index contributed by atoms with van der Waals surface area (Å²) in [6, 6.07) is 7.86. The Balaban J connectivity index is 2.01. The predicted molar refractivity (Wildman–Crippen MR) is 67.7 cm³/mol. The van der Waals surface area contributed by atoms with Crippen molar-refractivity contribution in [1.29, 1.82) is 0 Å². The molecule has 4 heteroatoms. The highest BCUT2D eigenvalue weighted by Crippen LogP contribution is 2.08. The Morgan fingerprint density at radius 1 is 1.00 bits per heavy atom. The molecule has 1 rings (SSSR count). The minimum atomic E-state index is 0.207. The lowest BCUT2D eigenvalue weighted by molar-refractivity contribution is 0.292. The van der Waals surface area contributed by atoms with Crippen LogP contribution >= 0.6 is 11.6 Å². The highest BCUT2D eigenvalue weighted by Gasteiger charge is 1.92. The van der Waals surface area contributed by atoms with Crippen molar-refractivity contribution >= 4 is 11.6 Å². The second kappa shape index (κ2) is 8.53. The van der Waals surface area contributed by atoms with Crippen molar-refractivity contribution in [1.82, 2.24) is 10.6 Å². The summed E-state index contributed by atoms with van der Waals surface area (Å²) < 4.78 is 0. The van der Waals surface area contributed by atoms with Crippen LogP contribution in [0.3, 0.4) is 0 Å². The maximum Gasteiger partial charge on any atom is 0.0555 e. The van der Waals surface area contributed by atoms with Crippen LogP contribution in [0.2, 0.25) is 5.02 Å². The molecule has 0 bridgehead atoms. The van der Waals surface area contributed by atoms with Crippen LogP contribution in [0, 0.1) is 0 Å². The van der Waals surface area contributed by atoms with Crippen molar-refractivity contribution in [2.75, 3.05) is 26.2 Å². The molecule has 0 atom stereocenters. The number of aliphatic hydroxyl groups is 1. The van der Waals surface area contributed by atoms with Crippen molar-refractivity contribution in [3.8, 4) is 0 Å². The zero-order chi connectivity index (χ0) is 11.6. The minimum absolute atomic E-state index is 0.207. The molecule has 0 saturated carbocycles. The van der Waals surface area contributed by atoms with E-state index >= 15 is 0 Å². The van der Waals surface area contributed by atoms with E-state index < -0.39 is 0 Å². The van der Waals surface area contributed by atoms with Crippen LogP contribution in [0.5, 0.6) is 0 Å². The average molecular weight is 243 g/mol. The highest BCUT2D eigenvalue weighted by atomic mass is 35.5. The van der Waals surface area contributed by atoms with Gasteiger partial charge in [0.1, 0.15) is 0 Å². The average Bonchev–Trinajstić information content (AvgIpc) is 2.30. The molecule has 90 valence electrons. The number of halogens is 1. The Labute approximate surface area is 102 Å². The molecule has 0 saturated heterocycles. The lowest BCUT2D eigenvalue weighted by atomic mass is 10.2.